The molecule has 1 saturated heterocycles. The molecule has 136 valence electrons. The van der Waals surface area contributed by atoms with Crippen LogP contribution in [0.3, 0.4) is 0 Å². The summed E-state index contributed by atoms with van der Waals surface area (Å²) in [5.41, 5.74) is 0.265. The lowest BCUT2D eigenvalue weighted by atomic mass is 9.92. The van der Waals surface area contributed by atoms with Gasteiger partial charge in [-0.3, -0.25) is 14.0 Å². The molecule has 0 spiro atoms. The van der Waals surface area contributed by atoms with Crippen molar-refractivity contribution >= 4 is 11.0 Å². The van der Waals surface area contributed by atoms with Crippen LogP contribution in [0, 0.1) is 0 Å². The second-order valence-electron chi connectivity index (χ2n) is 7.36. The molecule has 0 unspecified atom stereocenters. The van der Waals surface area contributed by atoms with Crippen molar-refractivity contribution in [2.45, 2.75) is 43.9 Å². The number of hydrogen-bond acceptors (Lipinski definition) is 6. The molecule has 1 aliphatic heterocycles. The van der Waals surface area contributed by atoms with E-state index in [1.165, 1.54) is 10.9 Å². The normalized spacial score (nSPS) is 19.9. The van der Waals surface area contributed by atoms with E-state index in [0.717, 1.165) is 31.6 Å². The Hall–Kier alpha value is -2.52. The quantitative estimate of drug-likeness (QED) is 0.694. The number of rotatable bonds is 4. The highest BCUT2D eigenvalue weighted by Crippen LogP contribution is 2.34. The molecule has 0 amide bonds. The standard InChI is InChI=1S/C17H21N7O2/c25-16-14-8-21-24(13-7-20-23(9-13)12-1-2-12)15(14)19-11-22(16)10-17(26)3-5-18-6-4-17/h7-9,11-12,18,26H,1-6,10H2. The third-order valence-corrected chi connectivity index (χ3v) is 5.31. The van der Waals surface area contributed by atoms with E-state index in [1.54, 1.807) is 17.1 Å². The molecular formula is C17H21N7O2. The van der Waals surface area contributed by atoms with E-state index >= 15 is 0 Å². The Bertz CT molecular complexity index is 1010. The van der Waals surface area contributed by atoms with Crippen LogP contribution < -0.4 is 10.9 Å². The molecule has 2 fully saturated rings. The van der Waals surface area contributed by atoms with Crippen LogP contribution in [0.5, 0.6) is 0 Å². The van der Waals surface area contributed by atoms with Crippen molar-refractivity contribution in [3.63, 3.8) is 0 Å². The van der Waals surface area contributed by atoms with Gasteiger partial charge in [-0.2, -0.15) is 10.2 Å². The molecule has 3 aromatic heterocycles. The molecule has 1 aliphatic carbocycles. The van der Waals surface area contributed by atoms with E-state index < -0.39 is 5.60 Å². The van der Waals surface area contributed by atoms with Crippen LogP contribution in [-0.4, -0.2) is 52.9 Å². The molecule has 2 aliphatic rings. The molecule has 5 rings (SSSR count). The fraction of sp³-hybridized carbons (Fsp3) is 0.529. The number of aromatic nitrogens is 6. The van der Waals surface area contributed by atoms with E-state index in [0.29, 0.717) is 29.9 Å². The summed E-state index contributed by atoms with van der Waals surface area (Å²) in [6.07, 6.45) is 10.3. The van der Waals surface area contributed by atoms with Crippen LogP contribution in [0.25, 0.3) is 16.7 Å². The highest BCUT2D eigenvalue weighted by Gasteiger charge is 2.30. The third-order valence-electron chi connectivity index (χ3n) is 5.31. The average Bonchev–Trinajstić information content (AvgIpc) is 3.21. The van der Waals surface area contributed by atoms with E-state index in [4.69, 9.17) is 0 Å². The predicted molar refractivity (Wildman–Crippen MR) is 94.2 cm³/mol. The van der Waals surface area contributed by atoms with E-state index in [9.17, 15) is 9.90 Å². The highest BCUT2D eigenvalue weighted by atomic mass is 16.3. The van der Waals surface area contributed by atoms with Gasteiger partial charge >= 0.3 is 0 Å². The van der Waals surface area contributed by atoms with Crippen LogP contribution in [0.15, 0.2) is 29.7 Å². The van der Waals surface area contributed by atoms with Crippen LogP contribution in [-0.2, 0) is 6.54 Å². The zero-order valence-corrected chi connectivity index (χ0v) is 14.4. The molecule has 0 aromatic carbocycles. The van der Waals surface area contributed by atoms with Gasteiger partial charge in [0.25, 0.3) is 5.56 Å². The van der Waals surface area contributed by atoms with Crippen molar-refractivity contribution in [2.75, 3.05) is 13.1 Å². The minimum Gasteiger partial charge on any atom is -0.388 e. The summed E-state index contributed by atoms with van der Waals surface area (Å²) in [5, 5.41) is 23.1. The van der Waals surface area contributed by atoms with Gasteiger partial charge in [0.05, 0.1) is 36.8 Å². The van der Waals surface area contributed by atoms with Crippen molar-refractivity contribution in [2.24, 2.45) is 0 Å². The topological polar surface area (TPSA) is 103 Å². The van der Waals surface area contributed by atoms with Gasteiger partial charge in [-0.05, 0) is 38.8 Å². The first-order valence-corrected chi connectivity index (χ1v) is 9.04. The first kappa shape index (κ1) is 15.7. The van der Waals surface area contributed by atoms with Crippen molar-refractivity contribution in [1.29, 1.82) is 0 Å². The molecule has 26 heavy (non-hydrogen) atoms. The maximum Gasteiger partial charge on any atom is 0.264 e. The molecule has 0 atom stereocenters. The second-order valence-corrected chi connectivity index (χ2v) is 7.36. The molecular weight excluding hydrogens is 334 g/mol. The Morgan fingerprint density at radius 1 is 1.23 bits per heavy atom. The lowest BCUT2D eigenvalue weighted by Gasteiger charge is -2.32. The molecule has 0 bridgehead atoms. The second kappa shape index (κ2) is 5.75. The lowest BCUT2D eigenvalue weighted by molar-refractivity contribution is -0.00627. The number of nitrogens with one attached hydrogen (secondary N) is 1. The summed E-state index contributed by atoms with van der Waals surface area (Å²) in [6.45, 7) is 1.76. The minimum absolute atomic E-state index is 0.178. The summed E-state index contributed by atoms with van der Waals surface area (Å²) in [4.78, 5) is 17.3. The van der Waals surface area contributed by atoms with Gasteiger partial charge in [-0.15, -0.1) is 0 Å². The Morgan fingerprint density at radius 3 is 2.81 bits per heavy atom. The number of fused-ring (bicyclic) bond motifs is 1. The van der Waals surface area contributed by atoms with Gasteiger partial charge in [0.15, 0.2) is 5.65 Å². The Balaban J connectivity index is 1.49. The Labute approximate surface area is 149 Å². The summed E-state index contributed by atoms with van der Waals surface area (Å²) in [7, 11) is 0. The summed E-state index contributed by atoms with van der Waals surface area (Å²) >= 11 is 0. The third kappa shape index (κ3) is 2.63. The van der Waals surface area contributed by atoms with Crippen molar-refractivity contribution < 1.29 is 5.11 Å². The SMILES string of the molecule is O=c1c2cnn(-c3cnn(C4CC4)c3)c2ncn1CC1(O)CCNCC1. The van der Waals surface area contributed by atoms with Crippen molar-refractivity contribution in [1.82, 2.24) is 34.4 Å². The monoisotopic (exact) mass is 355 g/mol. The van der Waals surface area contributed by atoms with Gasteiger partial charge in [0, 0.05) is 0 Å². The largest absolute Gasteiger partial charge is 0.388 e. The highest BCUT2D eigenvalue weighted by molar-refractivity contribution is 5.74. The first-order valence-electron chi connectivity index (χ1n) is 9.04. The molecule has 9 heteroatoms. The molecule has 2 N–H and O–H groups in total. The molecule has 0 radical (unpaired) electrons. The number of piperidine rings is 1. The van der Waals surface area contributed by atoms with E-state index in [-0.39, 0.29) is 12.1 Å². The fourth-order valence-corrected chi connectivity index (χ4v) is 3.59. The number of nitrogens with zero attached hydrogens (tertiary/aromatic N) is 6. The number of hydrogen-bond donors (Lipinski definition) is 2. The molecule has 1 saturated carbocycles. The van der Waals surface area contributed by atoms with E-state index in [2.05, 4.69) is 20.5 Å². The van der Waals surface area contributed by atoms with Gasteiger partial charge in [-0.1, -0.05) is 0 Å². The van der Waals surface area contributed by atoms with Gasteiger partial charge in [-0.25, -0.2) is 9.67 Å². The van der Waals surface area contributed by atoms with Gasteiger partial charge in [0.1, 0.15) is 17.4 Å². The van der Waals surface area contributed by atoms with Crippen LogP contribution in [0.2, 0.25) is 0 Å². The first-order chi connectivity index (χ1) is 12.6. The summed E-state index contributed by atoms with van der Waals surface area (Å²) < 4.78 is 5.08. The predicted octanol–water partition coefficient (Wildman–Crippen LogP) is 0.228. The smallest absolute Gasteiger partial charge is 0.264 e. The summed E-state index contributed by atoms with van der Waals surface area (Å²) in [5.74, 6) is 0. The zero-order chi connectivity index (χ0) is 17.7. The van der Waals surface area contributed by atoms with Crippen LogP contribution in [0.4, 0.5) is 0 Å². The zero-order valence-electron chi connectivity index (χ0n) is 14.4. The van der Waals surface area contributed by atoms with Crippen LogP contribution >= 0.6 is 0 Å². The Morgan fingerprint density at radius 2 is 2.04 bits per heavy atom. The van der Waals surface area contributed by atoms with Crippen molar-refractivity contribution in [3.05, 3.63) is 35.3 Å². The van der Waals surface area contributed by atoms with Crippen LogP contribution in [0.1, 0.15) is 31.7 Å². The number of aliphatic hydroxyl groups is 1. The molecule has 4 heterocycles. The molecule has 3 aromatic rings. The molecule has 9 nitrogen and oxygen atoms in total. The lowest BCUT2D eigenvalue weighted by Crippen LogP contribution is -2.46. The maximum absolute atomic E-state index is 12.8. The minimum atomic E-state index is -0.869. The fourth-order valence-electron chi connectivity index (χ4n) is 3.59. The van der Waals surface area contributed by atoms with Gasteiger partial charge < -0.3 is 10.4 Å². The average molecular weight is 355 g/mol. The maximum atomic E-state index is 12.8. The summed E-state index contributed by atoms with van der Waals surface area (Å²) in [6, 6.07) is 0.487. The van der Waals surface area contributed by atoms with E-state index in [1.807, 2.05) is 10.9 Å². The van der Waals surface area contributed by atoms with Crippen molar-refractivity contribution in [3.8, 4) is 5.69 Å². The van der Waals surface area contributed by atoms with Gasteiger partial charge in [0.2, 0.25) is 0 Å². The Kier molecular flexibility index (Phi) is 3.47.